The first-order valence-electron chi connectivity index (χ1n) is 8.21. The molecular weight excluding hydrogens is 324 g/mol. The van der Waals surface area contributed by atoms with Gasteiger partial charge in [-0.25, -0.2) is 4.98 Å². The fraction of sp³-hybridized carbons (Fsp3) is 0.529. The van der Waals surface area contributed by atoms with Gasteiger partial charge in [0.1, 0.15) is 11.9 Å². The maximum absolute atomic E-state index is 6.11. The van der Waals surface area contributed by atoms with Crippen LogP contribution in [0.3, 0.4) is 0 Å². The van der Waals surface area contributed by atoms with Crippen molar-refractivity contribution in [3.63, 3.8) is 0 Å². The van der Waals surface area contributed by atoms with Crippen LogP contribution in [0.1, 0.15) is 13.3 Å². The highest BCUT2D eigenvalue weighted by atomic mass is 16.5. The third-order valence-electron chi connectivity index (χ3n) is 4.45. The molecule has 1 heterocycles. The summed E-state index contributed by atoms with van der Waals surface area (Å²) < 4.78 is 21.8. The maximum Gasteiger partial charge on any atom is 0.225 e. The Bertz CT molecular complexity index is 755. The number of nitrogens with one attached hydrogen (secondary N) is 1. The summed E-state index contributed by atoms with van der Waals surface area (Å²) in [5.41, 5.74) is 6.79. The average molecular weight is 348 g/mol. The Morgan fingerprint density at radius 2 is 1.88 bits per heavy atom. The lowest BCUT2D eigenvalue weighted by atomic mass is 9.85. The van der Waals surface area contributed by atoms with Gasteiger partial charge in [-0.3, -0.25) is 0 Å². The van der Waals surface area contributed by atoms with Crippen LogP contribution in [0.4, 0.5) is 11.8 Å². The van der Waals surface area contributed by atoms with E-state index in [1.54, 1.807) is 33.5 Å². The van der Waals surface area contributed by atoms with Gasteiger partial charge in [-0.2, -0.15) is 4.98 Å². The quantitative estimate of drug-likeness (QED) is 0.782. The molecule has 1 fully saturated rings. The van der Waals surface area contributed by atoms with E-state index >= 15 is 0 Å². The lowest BCUT2D eigenvalue weighted by molar-refractivity contribution is -0.118. The van der Waals surface area contributed by atoms with Gasteiger partial charge in [0.05, 0.1) is 31.9 Å². The van der Waals surface area contributed by atoms with E-state index in [4.69, 9.17) is 24.7 Å². The Morgan fingerprint density at radius 3 is 2.52 bits per heavy atom. The van der Waals surface area contributed by atoms with Crippen molar-refractivity contribution in [3.05, 3.63) is 12.1 Å². The van der Waals surface area contributed by atoms with Crippen molar-refractivity contribution in [1.82, 2.24) is 9.97 Å². The summed E-state index contributed by atoms with van der Waals surface area (Å²) in [5, 5.41) is 4.00. The van der Waals surface area contributed by atoms with Crippen LogP contribution in [0, 0.1) is 0 Å². The summed E-state index contributed by atoms with van der Waals surface area (Å²) in [6, 6.07) is 3.65. The third kappa shape index (κ3) is 3.27. The summed E-state index contributed by atoms with van der Waals surface area (Å²) in [4.78, 5) is 8.90. The van der Waals surface area contributed by atoms with Crippen LogP contribution in [0.25, 0.3) is 10.9 Å². The molecule has 0 spiro atoms. The maximum atomic E-state index is 6.11. The van der Waals surface area contributed by atoms with Gasteiger partial charge in [0, 0.05) is 25.2 Å². The van der Waals surface area contributed by atoms with Gasteiger partial charge >= 0.3 is 0 Å². The molecule has 1 aliphatic carbocycles. The van der Waals surface area contributed by atoms with Crippen molar-refractivity contribution in [2.45, 2.75) is 31.6 Å². The third-order valence-corrected chi connectivity index (χ3v) is 4.45. The SMILES string of the molecule is CCOC1CC(Nc2nc(N)c3cc(OC)c(OC)cc3n2)C1OC. The summed E-state index contributed by atoms with van der Waals surface area (Å²) in [7, 11) is 4.84. The molecule has 1 aliphatic rings. The van der Waals surface area contributed by atoms with Gasteiger partial charge in [0.2, 0.25) is 5.95 Å². The highest BCUT2D eigenvalue weighted by Crippen LogP contribution is 2.34. The van der Waals surface area contributed by atoms with E-state index in [9.17, 15) is 0 Å². The zero-order valence-corrected chi connectivity index (χ0v) is 14.9. The second-order valence-electron chi connectivity index (χ2n) is 5.84. The number of hydrogen-bond acceptors (Lipinski definition) is 8. The number of nitrogens with two attached hydrogens (primary N) is 1. The monoisotopic (exact) mass is 348 g/mol. The molecular formula is C17H24N4O4. The number of fused-ring (bicyclic) bond motifs is 1. The van der Waals surface area contributed by atoms with Crippen LogP contribution in [0.15, 0.2) is 12.1 Å². The van der Waals surface area contributed by atoms with Gasteiger partial charge in [0.25, 0.3) is 0 Å². The Balaban J connectivity index is 1.86. The predicted molar refractivity (Wildman–Crippen MR) is 95.3 cm³/mol. The molecule has 1 aromatic carbocycles. The smallest absolute Gasteiger partial charge is 0.225 e. The van der Waals surface area contributed by atoms with Gasteiger partial charge in [0.15, 0.2) is 11.5 Å². The molecule has 0 amide bonds. The van der Waals surface area contributed by atoms with E-state index in [-0.39, 0.29) is 18.2 Å². The van der Waals surface area contributed by atoms with E-state index < -0.39 is 0 Å². The molecule has 136 valence electrons. The summed E-state index contributed by atoms with van der Waals surface area (Å²) >= 11 is 0. The molecule has 3 unspecified atom stereocenters. The molecule has 2 aromatic rings. The molecule has 3 atom stereocenters. The molecule has 1 aromatic heterocycles. The van der Waals surface area contributed by atoms with Crippen molar-refractivity contribution in [1.29, 1.82) is 0 Å². The van der Waals surface area contributed by atoms with E-state index in [1.165, 1.54) is 0 Å². The van der Waals surface area contributed by atoms with Crippen LogP contribution < -0.4 is 20.5 Å². The number of methoxy groups -OCH3 is 3. The van der Waals surface area contributed by atoms with Crippen LogP contribution in [-0.4, -0.2) is 56.2 Å². The average Bonchev–Trinajstić information content (AvgIpc) is 2.60. The number of benzene rings is 1. The number of rotatable bonds is 7. The molecule has 8 nitrogen and oxygen atoms in total. The second-order valence-corrected chi connectivity index (χ2v) is 5.84. The van der Waals surface area contributed by atoms with E-state index in [0.29, 0.717) is 40.8 Å². The minimum Gasteiger partial charge on any atom is -0.493 e. The topological polar surface area (TPSA) is 101 Å². The predicted octanol–water partition coefficient (Wildman–Crippen LogP) is 1.83. The minimum absolute atomic E-state index is 0.0362. The van der Waals surface area contributed by atoms with E-state index in [2.05, 4.69) is 15.3 Å². The number of nitrogen functional groups attached to an aromatic ring is 1. The first-order valence-corrected chi connectivity index (χ1v) is 8.21. The zero-order valence-electron chi connectivity index (χ0n) is 14.9. The highest BCUT2D eigenvalue weighted by molar-refractivity contribution is 5.91. The number of hydrogen-bond donors (Lipinski definition) is 2. The van der Waals surface area contributed by atoms with Crippen molar-refractivity contribution in [3.8, 4) is 11.5 Å². The van der Waals surface area contributed by atoms with Crippen LogP contribution in [-0.2, 0) is 9.47 Å². The van der Waals surface area contributed by atoms with Crippen LogP contribution in [0.2, 0.25) is 0 Å². The first kappa shape index (κ1) is 17.5. The van der Waals surface area contributed by atoms with Crippen LogP contribution >= 0.6 is 0 Å². The minimum atomic E-state index is -0.0362. The molecule has 1 saturated carbocycles. The summed E-state index contributed by atoms with van der Waals surface area (Å²) in [6.45, 7) is 2.64. The Hall–Kier alpha value is -2.32. The van der Waals surface area contributed by atoms with Crippen molar-refractivity contribution in [2.75, 3.05) is 39.0 Å². The standard InChI is InChI=1S/C17H24N4O4/c1-5-25-14-8-11(15(14)24-4)20-17-19-10-7-13(23-3)12(22-2)6-9(10)16(18)21-17/h6-7,11,14-15H,5,8H2,1-4H3,(H3,18,19,20,21). The lowest BCUT2D eigenvalue weighted by Crippen LogP contribution is -2.57. The fourth-order valence-corrected chi connectivity index (χ4v) is 3.13. The largest absolute Gasteiger partial charge is 0.493 e. The second kappa shape index (κ2) is 7.28. The molecule has 3 rings (SSSR count). The van der Waals surface area contributed by atoms with Gasteiger partial charge < -0.3 is 30.0 Å². The molecule has 0 aliphatic heterocycles. The number of anilines is 2. The van der Waals surface area contributed by atoms with Crippen LogP contribution in [0.5, 0.6) is 11.5 Å². The number of nitrogens with zero attached hydrogens (tertiary/aromatic N) is 2. The number of ether oxygens (including phenoxy) is 4. The van der Waals surface area contributed by atoms with E-state index in [1.807, 2.05) is 6.92 Å². The van der Waals surface area contributed by atoms with Gasteiger partial charge in [-0.1, -0.05) is 0 Å². The number of aromatic nitrogens is 2. The summed E-state index contributed by atoms with van der Waals surface area (Å²) in [6.07, 6.45) is 0.889. The van der Waals surface area contributed by atoms with Gasteiger partial charge in [-0.05, 0) is 19.4 Å². The molecule has 0 radical (unpaired) electrons. The summed E-state index contributed by atoms with van der Waals surface area (Å²) in [5.74, 6) is 2.01. The zero-order chi connectivity index (χ0) is 18.0. The molecule has 25 heavy (non-hydrogen) atoms. The van der Waals surface area contributed by atoms with Gasteiger partial charge in [-0.15, -0.1) is 0 Å². The Kier molecular flexibility index (Phi) is 5.10. The van der Waals surface area contributed by atoms with E-state index in [0.717, 1.165) is 6.42 Å². The Labute approximate surface area is 146 Å². The molecule has 0 saturated heterocycles. The molecule has 0 bridgehead atoms. The molecule has 8 heteroatoms. The normalized spacial score (nSPS) is 22.5. The fourth-order valence-electron chi connectivity index (χ4n) is 3.13. The Morgan fingerprint density at radius 1 is 1.16 bits per heavy atom. The highest BCUT2D eigenvalue weighted by Gasteiger charge is 2.42. The van der Waals surface area contributed by atoms with Crippen molar-refractivity contribution < 1.29 is 18.9 Å². The van der Waals surface area contributed by atoms with Crippen molar-refractivity contribution in [2.24, 2.45) is 0 Å². The van der Waals surface area contributed by atoms with Crippen molar-refractivity contribution >= 4 is 22.7 Å². The molecule has 3 N–H and O–H groups in total. The lowest BCUT2D eigenvalue weighted by Gasteiger charge is -2.43. The first-order chi connectivity index (χ1) is 12.1.